The first kappa shape index (κ1) is 11.0. The minimum atomic E-state index is 0.521. The Bertz CT molecular complexity index is 145. The van der Waals surface area contributed by atoms with Crippen LogP contribution in [0.5, 0.6) is 0 Å². The van der Waals surface area contributed by atoms with Gasteiger partial charge >= 0.3 is 0 Å². The summed E-state index contributed by atoms with van der Waals surface area (Å²) in [4.78, 5) is 0. The summed E-state index contributed by atoms with van der Waals surface area (Å²) in [5, 5.41) is 3.57. The third kappa shape index (κ3) is 3.30. The van der Waals surface area contributed by atoms with Gasteiger partial charge in [0.15, 0.2) is 0 Å². The fourth-order valence-corrected chi connectivity index (χ4v) is 2.02. The van der Waals surface area contributed by atoms with Gasteiger partial charge in [-0.05, 0) is 36.6 Å². The molecule has 0 aromatic carbocycles. The van der Waals surface area contributed by atoms with Crippen LogP contribution in [-0.2, 0) is 0 Å². The summed E-state index contributed by atoms with van der Waals surface area (Å²) in [6.07, 6.45) is 4.37. The van der Waals surface area contributed by atoms with Crippen molar-refractivity contribution in [2.45, 2.75) is 47.0 Å². The molecule has 1 rings (SSSR count). The maximum atomic E-state index is 3.57. The molecule has 1 nitrogen and oxygen atoms in total. The molecule has 1 N–H and O–H groups in total. The van der Waals surface area contributed by atoms with Crippen LogP contribution >= 0.6 is 0 Å². The molecule has 0 amide bonds. The van der Waals surface area contributed by atoms with Crippen molar-refractivity contribution >= 4 is 0 Å². The first-order valence-corrected chi connectivity index (χ1v) is 5.73. The summed E-state index contributed by atoms with van der Waals surface area (Å²) in [6, 6.07) is 0. The maximum Gasteiger partial charge on any atom is 0.000528 e. The molecule has 0 radical (unpaired) electrons. The van der Waals surface area contributed by atoms with Gasteiger partial charge in [0.25, 0.3) is 0 Å². The van der Waals surface area contributed by atoms with Crippen molar-refractivity contribution in [1.82, 2.24) is 5.32 Å². The quantitative estimate of drug-likeness (QED) is 0.691. The van der Waals surface area contributed by atoms with E-state index in [-0.39, 0.29) is 0 Å². The van der Waals surface area contributed by atoms with Gasteiger partial charge in [0.1, 0.15) is 0 Å². The van der Waals surface area contributed by atoms with Crippen LogP contribution in [0.1, 0.15) is 47.0 Å². The minimum absolute atomic E-state index is 0.521. The van der Waals surface area contributed by atoms with Crippen molar-refractivity contribution in [3.8, 4) is 0 Å². The van der Waals surface area contributed by atoms with Gasteiger partial charge in [-0.25, -0.2) is 0 Å². The molecular formula is C12H25N. The average Bonchev–Trinajstić information content (AvgIpc) is 1.79. The van der Waals surface area contributed by atoms with E-state index < -0.39 is 0 Å². The molecule has 0 spiro atoms. The smallest absolute Gasteiger partial charge is 0.000528 e. The van der Waals surface area contributed by atoms with Crippen LogP contribution < -0.4 is 5.32 Å². The standard InChI is InChI=1S/C12H25N/c1-10(2)8-13-9-12(3,4)11-6-5-7-11/h10-11,13H,5-9H2,1-4H3. The fourth-order valence-electron chi connectivity index (χ4n) is 2.02. The summed E-state index contributed by atoms with van der Waals surface area (Å²) < 4.78 is 0. The van der Waals surface area contributed by atoms with Crippen molar-refractivity contribution in [1.29, 1.82) is 0 Å². The van der Waals surface area contributed by atoms with Crippen LogP contribution in [0.25, 0.3) is 0 Å². The van der Waals surface area contributed by atoms with Gasteiger partial charge in [0.2, 0.25) is 0 Å². The van der Waals surface area contributed by atoms with E-state index in [4.69, 9.17) is 0 Å². The highest BCUT2D eigenvalue weighted by molar-refractivity contribution is 4.85. The number of rotatable bonds is 5. The molecule has 0 atom stereocenters. The molecule has 1 fully saturated rings. The van der Waals surface area contributed by atoms with Gasteiger partial charge < -0.3 is 5.32 Å². The second kappa shape index (κ2) is 4.45. The highest BCUT2D eigenvalue weighted by Gasteiger charge is 2.33. The zero-order chi connectivity index (χ0) is 9.90. The SMILES string of the molecule is CC(C)CNCC(C)(C)C1CCC1. The first-order chi connectivity index (χ1) is 6.02. The van der Waals surface area contributed by atoms with Crippen LogP contribution in [0, 0.1) is 17.3 Å². The summed E-state index contributed by atoms with van der Waals surface area (Å²) in [5.41, 5.74) is 0.521. The zero-order valence-corrected chi connectivity index (χ0v) is 9.69. The first-order valence-electron chi connectivity index (χ1n) is 5.73. The average molecular weight is 183 g/mol. The van der Waals surface area contributed by atoms with E-state index in [1.165, 1.54) is 25.8 Å². The molecule has 0 aromatic heterocycles. The van der Waals surface area contributed by atoms with E-state index in [0.717, 1.165) is 18.4 Å². The second-order valence-corrected chi connectivity index (χ2v) is 5.64. The zero-order valence-electron chi connectivity index (χ0n) is 9.69. The topological polar surface area (TPSA) is 12.0 Å². The van der Waals surface area contributed by atoms with E-state index in [2.05, 4.69) is 33.0 Å². The lowest BCUT2D eigenvalue weighted by Gasteiger charge is -2.40. The molecule has 0 saturated heterocycles. The lowest BCUT2D eigenvalue weighted by atomic mass is 9.67. The normalized spacial score (nSPS) is 19.2. The van der Waals surface area contributed by atoms with Crippen LogP contribution in [-0.4, -0.2) is 13.1 Å². The Labute approximate surface area is 83.3 Å². The maximum absolute atomic E-state index is 3.57. The molecule has 0 heterocycles. The third-order valence-electron chi connectivity index (χ3n) is 3.34. The van der Waals surface area contributed by atoms with Gasteiger partial charge in [0, 0.05) is 6.54 Å². The Morgan fingerprint density at radius 3 is 2.31 bits per heavy atom. The minimum Gasteiger partial charge on any atom is -0.316 e. The summed E-state index contributed by atoms with van der Waals surface area (Å²) in [7, 11) is 0. The van der Waals surface area contributed by atoms with Crippen LogP contribution in [0.15, 0.2) is 0 Å². The molecule has 0 aliphatic heterocycles. The van der Waals surface area contributed by atoms with Gasteiger partial charge in [-0.3, -0.25) is 0 Å². The van der Waals surface area contributed by atoms with E-state index in [9.17, 15) is 0 Å². The molecule has 1 heteroatoms. The number of hydrogen-bond acceptors (Lipinski definition) is 1. The predicted molar refractivity (Wildman–Crippen MR) is 58.8 cm³/mol. The van der Waals surface area contributed by atoms with Crippen molar-refractivity contribution in [2.75, 3.05) is 13.1 Å². The second-order valence-electron chi connectivity index (χ2n) is 5.64. The van der Waals surface area contributed by atoms with Crippen LogP contribution in [0.2, 0.25) is 0 Å². The van der Waals surface area contributed by atoms with Crippen LogP contribution in [0.4, 0.5) is 0 Å². The van der Waals surface area contributed by atoms with E-state index in [0.29, 0.717) is 5.41 Å². The van der Waals surface area contributed by atoms with Gasteiger partial charge in [-0.15, -0.1) is 0 Å². The van der Waals surface area contributed by atoms with E-state index in [1.54, 1.807) is 0 Å². The molecule has 78 valence electrons. The highest BCUT2D eigenvalue weighted by atomic mass is 14.9. The van der Waals surface area contributed by atoms with Crippen molar-refractivity contribution < 1.29 is 0 Å². The predicted octanol–water partition coefficient (Wildman–Crippen LogP) is 3.06. The van der Waals surface area contributed by atoms with Gasteiger partial charge in [0.05, 0.1) is 0 Å². The van der Waals surface area contributed by atoms with Gasteiger partial charge in [-0.2, -0.15) is 0 Å². The largest absolute Gasteiger partial charge is 0.316 e. The summed E-state index contributed by atoms with van der Waals surface area (Å²) >= 11 is 0. The van der Waals surface area contributed by atoms with E-state index in [1.807, 2.05) is 0 Å². The summed E-state index contributed by atoms with van der Waals surface area (Å²) in [6.45, 7) is 11.7. The Kier molecular flexibility index (Phi) is 3.78. The fraction of sp³-hybridized carbons (Fsp3) is 1.00. The third-order valence-corrected chi connectivity index (χ3v) is 3.34. The molecule has 1 saturated carbocycles. The van der Waals surface area contributed by atoms with Crippen molar-refractivity contribution in [2.24, 2.45) is 17.3 Å². The summed E-state index contributed by atoms with van der Waals surface area (Å²) in [5.74, 6) is 1.75. The Balaban J connectivity index is 2.17. The Morgan fingerprint density at radius 2 is 1.92 bits per heavy atom. The molecular weight excluding hydrogens is 158 g/mol. The molecule has 0 unspecified atom stereocenters. The molecule has 0 bridgehead atoms. The van der Waals surface area contributed by atoms with E-state index >= 15 is 0 Å². The van der Waals surface area contributed by atoms with Gasteiger partial charge in [-0.1, -0.05) is 34.1 Å². The number of hydrogen-bond donors (Lipinski definition) is 1. The lowest BCUT2D eigenvalue weighted by molar-refractivity contribution is 0.118. The monoisotopic (exact) mass is 183 g/mol. The van der Waals surface area contributed by atoms with Crippen molar-refractivity contribution in [3.05, 3.63) is 0 Å². The molecule has 13 heavy (non-hydrogen) atoms. The number of nitrogens with one attached hydrogen (secondary N) is 1. The highest BCUT2D eigenvalue weighted by Crippen LogP contribution is 2.41. The molecule has 1 aliphatic carbocycles. The molecule has 1 aliphatic rings. The van der Waals surface area contributed by atoms with Crippen molar-refractivity contribution in [3.63, 3.8) is 0 Å². The molecule has 0 aromatic rings. The Hall–Kier alpha value is -0.0400. The van der Waals surface area contributed by atoms with Crippen LogP contribution in [0.3, 0.4) is 0 Å². The lowest BCUT2D eigenvalue weighted by Crippen LogP contribution is -2.39. The Morgan fingerprint density at radius 1 is 1.31 bits per heavy atom.